The van der Waals surface area contributed by atoms with Gasteiger partial charge in [-0.2, -0.15) is 0 Å². The molecule has 5 heteroatoms. The molecule has 4 nitrogen and oxygen atoms in total. The average Bonchev–Trinajstić information content (AvgIpc) is 2.11. The molecule has 0 saturated carbocycles. The summed E-state index contributed by atoms with van der Waals surface area (Å²) in [6, 6.07) is 4.48. The van der Waals surface area contributed by atoms with Gasteiger partial charge in [0.2, 0.25) is 0 Å². The molecule has 0 radical (unpaired) electrons. The molecule has 0 atom stereocenters. The van der Waals surface area contributed by atoms with Gasteiger partial charge in [-0.05, 0) is 12.1 Å². The number of aromatic hydroxyl groups is 1. The summed E-state index contributed by atoms with van der Waals surface area (Å²) in [5.41, 5.74) is 0. The van der Waals surface area contributed by atoms with Gasteiger partial charge in [-0.3, -0.25) is 0 Å². The number of carbonyl (C=O) groups is 1. The van der Waals surface area contributed by atoms with Crippen molar-refractivity contribution in [2.24, 2.45) is 0 Å². The van der Waals surface area contributed by atoms with Crippen molar-refractivity contribution in [1.29, 1.82) is 0 Å². The van der Waals surface area contributed by atoms with Gasteiger partial charge in [-0.25, -0.2) is 4.79 Å². The standard InChI is InChI=1S/C9H10ClNO3/c1-11(2)9(13)14-8-6(10)4-3-5-7(8)12/h3-5,12H,1-2H3. The number of hydrogen-bond donors (Lipinski definition) is 1. The van der Waals surface area contributed by atoms with Gasteiger partial charge in [-0.1, -0.05) is 17.7 Å². The molecular weight excluding hydrogens is 206 g/mol. The minimum Gasteiger partial charge on any atom is -0.504 e. The summed E-state index contributed by atoms with van der Waals surface area (Å²) in [5.74, 6) is -0.180. The van der Waals surface area contributed by atoms with Gasteiger partial charge in [0.1, 0.15) is 0 Å². The lowest BCUT2D eigenvalue weighted by atomic mass is 10.3. The molecule has 0 fully saturated rings. The normalized spacial score (nSPS) is 9.64. The summed E-state index contributed by atoms with van der Waals surface area (Å²) in [6.07, 6.45) is -0.589. The van der Waals surface area contributed by atoms with E-state index in [1.54, 1.807) is 6.07 Å². The summed E-state index contributed by atoms with van der Waals surface area (Å²) in [4.78, 5) is 12.4. The van der Waals surface area contributed by atoms with Gasteiger partial charge >= 0.3 is 6.09 Å². The lowest BCUT2D eigenvalue weighted by molar-refractivity contribution is 0.170. The zero-order chi connectivity index (χ0) is 10.7. The van der Waals surface area contributed by atoms with E-state index in [4.69, 9.17) is 16.3 Å². The molecule has 0 unspecified atom stereocenters. The largest absolute Gasteiger partial charge is 0.504 e. The van der Waals surface area contributed by atoms with Crippen molar-refractivity contribution in [3.63, 3.8) is 0 Å². The highest BCUT2D eigenvalue weighted by molar-refractivity contribution is 6.32. The molecule has 1 aromatic carbocycles. The highest BCUT2D eigenvalue weighted by Gasteiger charge is 2.13. The van der Waals surface area contributed by atoms with Crippen LogP contribution in [0, 0.1) is 0 Å². The van der Waals surface area contributed by atoms with Crippen LogP contribution in [0.15, 0.2) is 18.2 Å². The molecule has 0 aromatic heterocycles. The number of halogens is 1. The van der Waals surface area contributed by atoms with E-state index >= 15 is 0 Å². The van der Waals surface area contributed by atoms with Crippen LogP contribution in [0.5, 0.6) is 11.5 Å². The Kier molecular flexibility index (Phi) is 3.19. The zero-order valence-corrected chi connectivity index (χ0v) is 8.58. The average molecular weight is 216 g/mol. The molecule has 1 N–H and O–H groups in total. The van der Waals surface area contributed by atoms with Crippen molar-refractivity contribution in [2.75, 3.05) is 14.1 Å². The number of phenolic OH excluding ortho intramolecular Hbond substituents is 1. The van der Waals surface area contributed by atoms with Crippen LogP contribution < -0.4 is 4.74 Å². The van der Waals surface area contributed by atoms with Gasteiger partial charge in [0, 0.05) is 14.1 Å². The van der Waals surface area contributed by atoms with Crippen molar-refractivity contribution >= 4 is 17.7 Å². The summed E-state index contributed by atoms with van der Waals surface area (Å²) >= 11 is 5.72. The van der Waals surface area contributed by atoms with Crippen LogP contribution in [-0.2, 0) is 0 Å². The predicted molar refractivity (Wildman–Crippen MR) is 52.8 cm³/mol. The summed E-state index contributed by atoms with van der Waals surface area (Å²) in [7, 11) is 3.08. The van der Waals surface area contributed by atoms with Crippen molar-refractivity contribution in [3.8, 4) is 11.5 Å². The maximum absolute atomic E-state index is 11.2. The Morgan fingerprint density at radius 2 is 2.14 bits per heavy atom. The third-order valence-electron chi connectivity index (χ3n) is 1.50. The van der Waals surface area contributed by atoms with E-state index in [-0.39, 0.29) is 16.5 Å². The van der Waals surface area contributed by atoms with Gasteiger partial charge in [0.15, 0.2) is 11.5 Å². The Labute approximate surface area is 86.7 Å². The maximum Gasteiger partial charge on any atom is 0.414 e. The second-order valence-electron chi connectivity index (χ2n) is 2.85. The lowest BCUT2D eigenvalue weighted by Gasteiger charge is -2.12. The zero-order valence-electron chi connectivity index (χ0n) is 7.82. The fourth-order valence-corrected chi connectivity index (χ4v) is 0.985. The topological polar surface area (TPSA) is 49.8 Å². The number of phenols is 1. The Morgan fingerprint density at radius 1 is 1.50 bits per heavy atom. The number of hydrogen-bond acceptors (Lipinski definition) is 3. The van der Waals surface area contributed by atoms with E-state index in [9.17, 15) is 9.90 Å². The van der Waals surface area contributed by atoms with Crippen molar-refractivity contribution in [3.05, 3.63) is 23.2 Å². The van der Waals surface area contributed by atoms with Crippen LogP contribution >= 0.6 is 11.6 Å². The van der Waals surface area contributed by atoms with E-state index in [1.165, 1.54) is 31.1 Å². The number of ether oxygens (including phenoxy) is 1. The van der Waals surface area contributed by atoms with Gasteiger partial charge in [0.05, 0.1) is 5.02 Å². The molecule has 1 amide bonds. The molecule has 0 aliphatic heterocycles. The van der Waals surface area contributed by atoms with Crippen LogP contribution in [-0.4, -0.2) is 30.2 Å². The molecule has 0 heterocycles. The molecule has 0 spiro atoms. The second-order valence-corrected chi connectivity index (χ2v) is 3.26. The number of carbonyl (C=O) groups excluding carboxylic acids is 1. The first-order chi connectivity index (χ1) is 6.52. The van der Waals surface area contributed by atoms with Crippen molar-refractivity contribution in [2.45, 2.75) is 0 Å². The third-order valence-corrected chi connectivity index (χ3v) is 1.80. The molecule has 0 aliphatic carbocycles. The van der Waals surface area contributed by atoms with Gasteiger partial charge < -0.3 is 14.7 Å². The monoisotopic (exact) mass is 215 g/mol. The Balaban J connectivity index is 2.91. The molecule has 0 saturated heterocycles. The number of benzene rings is 1. The van der Waals surface area contributed by atoms with Crippen LogP contribution in [0.1, 0.15) is 0 Å². The predicted octanol–water partition coefficient (Wildman–Crippen LogP) is 2.11. The van der Waals surface area contributed by atoms with E-state index in [0.717, 1.165) is 0 Å². The molecule has 76 valence electrons. The highest BCUT2D eigenvalue weighted by atomic mass is 35.5. The third kappa shape index (κ3) is 2.29. The Hall–Kier alpha value is -1.42. The lowest BCUT2D eigenvalue weighted by Crippen LogP contribution is -2.25. The van der Waals surface area contributed by atoms with E-state index in [1.807, 2.05) is 0 Å². The minimum atomic E-state index is -0.589. The SMILES string of the molecule is CN(C)C(=O)Oc1c(O)cccc1Cl. The van der Waals surface area contributed by atoms with Gasteiger partial charge in [0.25, 0.3) is 0 Å². The van der Waals surface area contributed by atoms with Crippen molar-refractivity contribution in [1.82, 2.24) is 4.90 Å². The maximum atomic E-state index is 11.2. The van der Waals surface area contributed by atoms with Crippen LogP contribution in [0.2, 0.25) is 5.02 Å². The van der Waals surface area contributed by atoms with Crippen LogP contribution in [0.25, 0.3) is 0 Å². The molecule has 1 rings (SSSR count). The Morgan fingerprint density at radius 3 is 2.64 bits per heavy atom. The first-order valence-corrected chi connectivity index (χ1v) is 4.26. The summed E-state index contributed by atoms with van der Waals surface area (Å²) < 4.78 is 4.84. The minimum absolute atomic E-state index is 0.0205. The number of para-hydroxylation sites is 1. The summed E-state index contributed by atoms with van der Waals surface area (Å²) in [5, 5.41) is 9.54. The Bertz CT molecular complexity index is 332. The molecule has 1 aromatic rings. The first-order valence-electron chi connectivity index (χ1n) is 3.89. The highest BCUT2D eigenvalue weighted by Crippen LogP contribution is 2.33. The molecule has 14 heavy (non-hydrogen) atoms. The first kappa shape index (κ1) is 10.7. The fourth-order valence-electron chi connectivity index (χ4n) is 0.777. The number of rotatable bonds is 1. The van der Waals surface area contributed by atoms with Crippen LogP contribution in [0.4, 0.5) is 4.79 Å². The number of nitrogens with zero attached hydrogens (tertiary/aromatic N) is 1. The van der Waals surface area contributed by atoms with E-state index < -0.39 is 6.09 Å². The molecule has 0 bridgehead atoms. The van der Waals surface area contributed by atoms with Gasteiger partial charge in [-0.15, -0.1) is 0 Å². The van der Waals surface area contributed by atoms with Crippen LogP contribution in [0.3, 0.4) is 0 Å². The fraction of sp³-hybridized carbons (Fsp3) is 0.222. The van der Waals surface area contributed by atoms with E-state index in [2.05, 4.69) is 0 Å². The quantitative estimate of drug-likeness (QED) is 0.781. The second kappa shape index (κ2) is 4.19. The molecule has 0 aliphatic rings. The molecular formula is C9H10ClNO3. The van der Waals surface area contributed by atoms with Crippen molar-refractivity contribution < 1.29 is 14.6 Å². The summed E-state index contributed by atoms with van der Waals surface area (Å²) in [6.45, 7) is 0. The van der Waals surface area contributed by atoms with E-state index in [0.29, 0.717) is 0 Å². The number of amides is 1. The smallest absolute Gasteiger partial charge is 0.414 e.